The third-order valence-corrected chi connectivity index (χ3v) is 7.74. The topological polar surface area (TPSA) is 65.5 Å². The molecule has 1 aromatic carbocycles. The molecule has 2 heterocycles. The molecule has 3 fully saturated rings. The van der Waals surface area contributed by atoms with Crippen molar-refractivity contribution in [3.05, 3.63) is 60.2 Å². The summed E-state index contributed by atoms with van der Waals surface area (Å²) < 4.78 is 23.3. The van der Waals surface area contributed by atoms with Crippen LogP contribution in [-0.2, 0) is 19.1 Å². The van der Waals surface area contributed by atoms with Crippen molar-refractivity contribution in [2.24, 2.45) is 29.6 Å². The molecule has 0 bridgehead atoms. The lowest BCUT2D eigenvalue weighted by atomic mass is 9.57. The molecular formula is C31H36FNO4. The highest BCUT2D eigenvalue weighted by atomic mass is 19.1. The van der Waals surface area contributed by atoms with Gasteiger partial charge in [0.1, 0.15) is 11.9 Å². The Morgan fingerprint density at radius 2 is 1.95 bits per heavy atom. The summed E-state index contributed by atoms with van der Waals surface area (Å²) >= 11 is 0. The minimum Gasteiger partial charge on any atom is -0.468 e. The van der Waals surface area contributed by atoms with Crippen molar-refractivity contribution in [2.75, 3.05) is 6.61 Å². The average molecular weight is 506 g/mol. The van der Waals surface area contributed by atoms with Gasteiger partial charge in [-0.3, -0.25) is 14.6 Å². The molecule has 2 saturated carbocycles. The number of fused-ring (bicyclic) bond motifs is 2. The zero-order chi connectivity index (χ0) is 26.8. The Bertz CT molecular complexity index is 1080. The number of carbonyl (C=O) groups excluding carboxylic acids is 2. The highest BCUT2D eigenvalue weighted by Crippen LogP contribution is 2.53. The third-order valence-electron chi connectivity index (χ3n) is 7.74. The van der Waals surface area contributed by atoms with Crippen LogP contribution in [-0.4, -0.2) is 30.1 Å². The largest absolute Gasteiger partial charge is 0.468 e. The number of pyridine rings is 1. The molecule has 6 atom stereocenters. The quantitative estimate of drug-likeness (QED) is 0.270. The fourth-order valence-corrected chi connectivity index (χ4v) is 6.21. The monoisotopic (exact) mass is 505 g/mol. The molecule has 3 aliphatic rings. The van der Waals surface area contributed by atoms with Gasteiger partial charge in [0.2, 0.25) is 0 Å². The second kappa shape index (κ2) is 13.7. The predicted molar refractivity (Wildman–Crippen MR) is 142 cm³/mol. The van der Waals surface area contributed by atoms with Gasteiger partial charge in [-0.2, -0.15) is 0 Å². The number of hydrogen-bond acceptors (Lipinski definition) is 5. The van der Waals surface area contributed by atoms with Gasteiger partial charge in [0.05, 0.1) is 18.2 Å². The van der Waals surface area contributed by atoms with Gasteiger partial charge < -0.3 is 9.47 Å². The number of rotatable bonds is 5. The first kappa shape index (κ1) is 28.1. The number of benzene rings is 1. The number of allylic oxidation sites excluding steroid dienone is 1. The molecule has 0 amide bonds. The lowest BCUT2D eigenvalue weighted by Gasteiger charge is -2.45. The van der Waals surface area contributed by atoms with Crippen molar-refractivity contribution in [1.82, 2.24) is 4.98 Å². The molecule has 1 unspecified atom stereocenters. The van der Waals surface area contributed by atoms with Gasteiger partial charge in [0.25, 0.3) is 6.47 Å². The number of esters is 1. The second-order valence-electron chi connectivity index (χ2n) is 9.74. The molecule has 2 aromatic rings. The van der Waals surface area contributed by atoms with Gasteiger partial charge in [0.15, 0.2) is 0 Å². The van der Waals surface area contributed by atoms with E-state index in [4.69, 9.17) is 4.74 Å². The molecule has 0 radical (unpaired) electrons. The van der Waals surface area contributed by atoms with Crippen molar-refractivity contribution in [3.8, 4) is 24.0 Å². The second-order valence-corrected chi connectivity index (χ2v) is 9.74. The predicted octanol–water partition coefficient (Wildman–Crippen LogP) is 6.33. The number of ether oxygens (including phenoxy) is 2. The van der Waals surface area contributed by atoms with Crippen molar-refractivity contribution >= 4 is 18.5 Å². The van der Waals surface area contributed by atoms with Crippen LogP contribution in [0.5, 0.6) is 0 Å². The van der Waals surface area contributed by atoms with E-state index in [2.05, 4.69) is 41.6 Å². The molecule has 5 nitrogen and oxygen atoms in total. The lowest BCUT2D eigenvalue weighted by molar-refractivity contribution is -0.144. The van der Waals surface area contributed by atoms with E-state index in [9.17, 15) is 14.0 Å². The Hall–Kier alpha value is -3.46. The summed E-state index contributed by atoms with van der Waals surface area (Å²) in [5.41, 5.74) is 2.62. The molecule has 37 heavy (non-hydrogen) atoms. The van der Waals surface area contributed by atoms with Gasteiger partial charge in [-0.15, -0.1) is 12.8 Å². The molecule has 0 spiro atoms. The van der Waals surface area contributed by atoms with E-state index < -0.39 is 0 Å². The van der Waals surface area contributed by atoms with Crippen LogP contribution in [0.1, 0.15) is 51.6 Å². The Morgan fingerprint density at radius 3 is 2.59 bits per heavy atom. The third kappa shape index (κ3) is 6.85. The van der Waals surface area contributed by atoms with E-state index in [1.54, 1.807) is 19.2 Å². The Balaban J connectivity index is 0.000000489. The van der Waals surface area contributed by atoms with Gasteiger partial charge in [-0.1, -0.05) is 43.5 Å². The average Bonchev–Trinajstić information content (AvgIpc) is 3.21. The van der Waals surface area contributed by atoms with Crippen molar-refractivity contribution in [2.45, 2.75) is 52.1 Å². The summed E-state index contributed by atoms with van der Waals surface area (Å²) in [5, 5.41) is 0. The fourth-order valence-electron chi connectivity index (χ4n) is 6.21. The first-order valence-corrected chi connectivity index (χ1v) is 13.0. The van der Waals surface area contributed by atoms with E-state index in [0.29, 0.717) is 30.8 Å². The summed E-state index contributed by atoms with van der Waals surface area (Å²) in [7, 11) is 0. The molecule has 196 valence electrons. The lowest BCUT2D eigenvalue weighted by Crippen LogP contribution is -2.42. The van der Waals surface area contributed by atoms with Crippen molar-refractivity contribution < 1.29 is 23.5 Å². The molecular weight excluding hydrogens is 469 g/mol. The highest BCUT2D eigenvalue weighted by molar-refractivity contribution is 5.75. The van der Waals surface area contributed by atoms with Crippen LogP contribution in [0.25, 0.3) is 17.2 Å². The Labute approximate surface area is 219 Å². The van der Waals surface area contributed by atoms with E-state index in [-0.39, 0.29) is 29.7 Å². The molecule has 6 heteroatoms. The highest BCUT2D eigenvalue weighted by Gasteiger charge is 2.53. The smallest absolute Gasteiger partial charge is 0.309 e. The van der Waals surface area contributed by atoms with Crippen molar-refractivity contribution in [3.63, 3.8) is 0 Å². The number of nitrogens with zero attached hydrogens (tertiary/aromatic N) is 1. The Kier molecular flexibility index (Phi) is 10.4. The zero-order valence-corrected chi connectivity index (χ0v) is 21.6. The number of hydrogen-bond donors (Lipinski definition) is 0. The Morgan fingerprint density at radius 1 is 1.16 bits per heavy atom. The van der Waals surface area contributed by atoms with Gasteiger partial charge >= 0.3 is 5.97 Å². The maximum Gasteiger partial charge on any atom is 0.309 e. The first-order valence-electron chi connectivity index (χ1n) is 13.0. The van der Waals surface area contributed by atoms with Crippen LogP contribution in [0.3, 0.4) is 0 Å². The number of cyclic esters (lactones) is 1. The van der Waals surface area contributed by atoms with Crippen LogP contribution < -0.4 is 0 Å². The fraction of sp³-hybridized carbons (Fsp3) is 0.452. The van der Waals surface area contributed by atoms with Gasteiger partial charge in [-0.25, -0.2) is 4.39 Å². The van der Waals surface area contributed by atoms with Crippen molar-refractivity contribution in [1.29, 1.82) is 0 Å². The molecule has 1 aromatic heterocycles. The molecule has 1 saturated heterocycles. The van der Waals surface area contributed by atoms with E-state index in [1.165, 1.54) is 37.8 Å². The van der Waals surface area contributed by atoms with E-state index >= 15 is 0 Å². The van der Waals surface area contributed by atoms with Crippen LogP contribution in [0.15, 0.2) is 48.7 Å². The number of terminal acetylenes is 1. The van der Waals surface area contributed by atoms with Crippen LogP contribution in [0, 0.1) is 48.3 Å². The maximum absolute atomic E-state index is 13.5. The summed E-state index contributed by atoms with van der Waals surface area (Å²) in [6, 6.07) is 10.5. The molecule has 2 aliphatic carbocycles. The molecule has 0 N–H and O–H groups in total. The summed E-state index contributed by atoms with van der Waals surface area (Å²) in [4.78, 5) is 26.2. The van der Waals surface area contributed by atoms with E-state index in [1.807, 2.05) is 18.2 Å². The number of halogens is 1. The van der Waals surface area contributed by atoms with Gasteiger partial charge in [0, 0.05) is 17.7 Å². The van der Waals surface area contributed by atoms with Crippen LogP contribution in [0.2, 0.25) is 0 Å². The van der Waals surface area contributed by atoms with Crippen LogP contribution in [0.4, 0.5) is 4.39 Å². The summed E-state index contributed by atoms with van der Waals surface area (Å²) in [5.74, 6) is 1.73. The summed E-state index contributed by atoms with van der Waals surface area (Å²) in [6.45, 7) is 4.72. The number of aromatic nitrogens is 1. The van der Waals surface area contributed by atoms with E-state index in [0.717, 1.165) is 23.2 Å². The zero-order valence-electron chi connectivity index (χ0n) is 21.6. The minimum atomic E-state index is -0.243. The van der Waals surface area contributed by atoms with Crippen LogP contribution >= 0.6 is 0 Å². The molecule has 5 rings (SSSR count). The number of carbonyl (C=O) groups is 2. The van der Waals surface area contributed by atoms with Gasteiger partial charge in [-0.05, 0) is 74.3 Å². The minimum absolute atomic E-state index is 0.00694. The maximum atomic E-state index is 13.5. The SMILES string of the molecule is C#C.CCOC=O.C[C@@H]1OC(=O)[C@@H]2C[C@H]3CCCC[C@H]3[C@H](/C=C/c3ccc(-c4cccc(F)c4)cn3)C12. The molecule has 1 aliphatic heterocycles. The summed E-state index contributed by atoms with van der Waals surface area (Å²) in [6.07, 6.45) is 20.2. The normalized spacial score (nSPS) is 27.9. The standard InChI is InChI=1S/C26H28FNO2.C3H6O2.C2H2/c1-16-25-23(22-8-3-2-5-18(22)14-24(25)26(29)30-16)12-11-21-10-9-19(15-28-21)17-6-4-7-20(27)13-17;1-2-5-3-4;1-2/h4,6-7,9-13,15-16,18,22-25H,2-3,5,8,14H2,1H3;3H,2H2,1H3;1-2H/b12-11+;;/t16-,18+,22+,23-,24+,25?;;/m0../s1. The first-order chi connectivity index (χ1) is 18.0.